The van der Waals surface area contributed by atoms with Crippen LogP contribution in [0.5, 0.6) is 0 Å². The predicted molar refractivity (Wildman–Crippen MR) is 64.1 cm³/mol. The van der Waals surface area contributed by atoms with Gasteiger partial charge >= 0.3 is 0 Å². The van der Waals surface area contributed by atoms with Crippen LogP contribution in [0, 0.1) is 5.92 Å². The average molecular weight is 228 g/mol. The first kappa shape index (κ1) is 13.5. The minimum atomic E-state index is 0.164. The third-order valence-electron chi connectivity index (χ3n) is 3.14. The second-order valence-electron chi connectivity index (χ2n) is 4.73. The van der Waals surface area contributed by atoms with Crippen LogP contribution in [0.25, 0.3) is 0 Å². The molecule has 3 N–H and O–H groups in total. The van der Waals surface area contributed by atoms with E-state index in [-0.39, 0.29) is 18.6 Å². The van der Waals surface area contributed by atoms with Crippen LogP contribution in [-0.2, 0) is 4.79 Å². The molecule has 1 aliphatic rings. The van der Waals surface area contributed by atoms with E-state index in [4.69, 9.17) is 5.11 Å². The fraction of sp³-hybridized carbons (Fsp3) is 0.917. The highest BCUT2D eigenvalue weighted by Crippen LogP contribution is 2.15. The van der Waals surface area contributed by atoms with E-state index < -0.39 is 0 Å². The maximum atomic E-state index is 11.7. The van der Waals surface area contributed by atoms with Crippen LogP contribution >= 0.6 is 0 Å². The van der Waals surface area contributed by atoms with Gasteiger partial charge in [-0.15, -0.1) is 0 Å². The number of nitrogens with one attached hydrogen (secondary N) is 2. The molecule has 1 fully saturated rings. The molecule has 1 saturated heterocycles. The monoisotopic (exact) mass is 228 g/mol. The van der Waals surface area contributed by atoms with E-state index in [1.54, 1.807) is 0 Å². The molecule has 1 amide bonds. The zero-order chi connectivity index (χ0) is 11.8. The summed E-state index contributed by atoms with van der Waals surface area (Å²) in [5.74, 6) is 0.712. The van der Waals surface area contributed by atoms with Crippen molar-refractivity contribution in [3.8, 4) is 0 Å². The molecule has 0 bridgehead atoms. The lowest BCUT2D eigenvalue weighted by Gasteiger charge is -2.23. The number of aliphatic hydroxyl groups is 1. The summed E-state index contributed by atoms with van der Waals surface area (Å²) in [6, 6.07) is 0.182. The fourth-order valence-electron chi connectivity index (χ4n) is 2.15. The molecule has 4 nitrogen and oxygen atoms in total. The number of piperidine rings is 1. The molecule has 4 heteroatoms. The van der Waals surface area contributed by atoms with Crippen LogP contribution in [0.2, 0.25) is 0 Å². The Morgan fingerprint density at radius 2 is 2.19 bits per heavy atom. The Kier molecular flexibility index (Phi) is 6.42. The molecule has 16 heavy (non-hydrogen) atoms. The Balaban J connectivity index is 2.13. The van der Waals surface area contributed by atoms with Gasteiger partial charge in [-0.25, -0.2) is 0 Å². The molecule has 1 heterocycles. The summed E-state index contributed by atoms with van der Waals surface area (Å²) >= 11 is 0. The van der Waals surface area contributed by atoms with Crippen molar-refractivity contribution in [1.82, 2.24) is 10.6 Å². The third kappa shape index (κ3) is 5.47. The molecule has 0 aliphatic carbocycles. The van der Waals surface area contributed by atoms with Gasteiger partial charge in [-0.1, -0.05) is 0 Å². The van der Waals surface area contributed by atoms with Crippen molar-refractivity contribution in [3.05, 3.63) is 0 Å². The van der Waals surface area contributed by atoms with Gasteiger partial charge < -0.3 is 15.7 Å². The zero-order valence-electron chi connectivity index (χ0n) is 10.2. The Hall–Kier alpha value is -0.610. The number of carbonyl (C=O) groups excluding carboxylic acids is 1. The number of rotatable bonds is 6. The van der Waals surface area contributed by atoms with Crippen molar-refractivity contribution in [2.45, 2.75) is 45.1 Å². The summed E-state index contributed by atoms with van der Waals surface area (Å²) in [4.78, 5) is 11.7. The van der Waals surface area contributed by atoms with E-state index in [2.05, 4.69) is 10.6 Å². The van der Waals surface area contributed by atoms with E-state index in [9.17, 15) is 4.79 Å². The quantitative estimate of drug-likeness (QED) is 0.625. The first-order valence-corrected chi connectivity index (χ1v) is 6.33. The molecular weight excluding hydrogens is 204 g/mol. The van der Waals surface area contributed by atoms with Crippen molar-refractivity contribution < 1.29 is 9.90 Å². The normalized spacial score (nSPS) is 19.4. The summed E-state index contributed by atoms with van der Waals surface area (Å²) in [6.07, 6.45) is 4.49. The van der Waals surface area contributed by atoms with Gasteiger partial charge in [0.15, 0.2) is 0 Å². The average Bonchev–Trinajstić information content (AvgIpc) is 2.27. The minimum Gasteiger partial charge on any atom is -0.396 e. The summed E-state index contributed by atoms with van der Waals surface area (Å²) in [6.45, 7) is 4.28. The summed E-state index contributed by atoms with van der Waals surface area (Å²) in [5, 5.41) is 15.0. The van der Waals surface area contributed by atoms with Gasteiger partial charge in [-0.2, -0.15) is 0 Å². The molecule has 1 unspecified atom stereocenters. The van der Waals surface area contributed by atoms with E-state index in [1.807, 2.05) is 6.92 Å². The van der Waals surface area contributed by atoms with Crippen LogP contribution in [0.3, 0.4) is 0 Å². The van der Waals surface area contributed by atoms with Gasteiger partial charge in [0.05, 0.1) is 0 Å². The first-order valence-electron chi connectivity index (χ1n) is 6.33. The van der Waals surface area contributed by atoms with E-state index in [0.717, 1.165) is 38.8 Å². The summed E-state index contributed by atoms with van der Waals surface area (Å²) < 4.78 is 0. The summed E-state index contributed by atoms with van der Waals surface area (Å²) in [7, 11) is 0. The minimum absolute atomic E-state index is 0.164. The van der Waals surface area contributed by atoms with Gasteiger partial charge in [0.1, 0.15) is 0 Å². The van der Waals surface area contributed by atoms with Crippen molar-refractivity contribution in [2.24, 2.45) is 5.92 Å². The van der Waals surface area contributed by atoms with Gasteiger partial charge in [0, 0.05) is 19.1 Å². The highest BCUT2D eigenvalue weighted by atomic mass is 16.2. The smallest absolute Gasteiger partial charge is 0.220 e. The van der Waals surface area contributed by atoms with Crippen LogP contribution < -0.4 is 10.6 Å². The molecular formula is C12H24N2O2. The Morgan fingerprint density at radius 1 is 1.50 bits per heavy atom. The molecule has 0 aromatic rings. The topological polar surface area (TPSA) is 61.4 Å². The molecule has 0 saturated carbocycles. The van der Waals surface area contributed by atoms with Crippen LogP contribution in [0.1, 0.15) is 39.0 Å². The predicted octanol–water partition coefficient (Wildman–Crippen LogP) is 0.653. The Morgan fingerprint density at radius 3 is 2.81 bits per heavy atom. The SMILES string of the molecule is CC(CCCO)NC(=O)CC1CCNCC1. The molecule has 0 radical (unpaired) electrons. The van der Waals surface area contributed by atoms with Crippen molar-refractivity contribution in [2.75, 3.05) is 19.7 Å². The van der Waals surface area contributed by atoms with E-state index >= 15 is 0 Å². The molecule has 0 aromatic heterocycles. The van der Waals surface area contributed by atoms with Gasteiger partial charge in [0.25, 0.3) is 0 Å². The van der Waals surface area contributed by atoms with Crippen LogP contribution in [0.15, 0.2) is 0 Å². The number of hydrogen-bond acceptors (Lipinski definition) is 3. The molecule has 1 rings (SSSR count). The molecule has 0 aromatic carbocycles. The fourth-order valence-corrected chi connectivity index (χ4v) is 2.15. The van der Waals surface area contributed by atoms with Crippen molar-refractivity contribution in [1.29, 1.82) is 0 Å². The number of carbonyl (C=O) groups is 1. The largest absolute Gasteiger partial charge is 0.396 e. The second kappa shape index (κ2) is 7.63. The lowest BCUT2D eigenvalue weighted by molar-refractivity contribution is -0.122. The van der Waals surface area contributed by atoms with Crippen molar-refractivity contribution in [3.63, 3.8) is 0 Å². The Labute approximate surface area is 97.8 Å². The lowest BCUT2D eigenvalue weighted by atomic mass is 9.94. The highest BCUT2D eigenvalue weighted by Gasteiger charge is 2.17. The highest BCUT2D eigenvalue weighted by molar-refractivity contribution is 5.76. The standard InChI is InChI=1S/C12H24N2O2/c1-10(3-2-8-15)14-12(16)9-11-4-6-13-7-5-11/h10-11,13,15H,2-9H2,1H3,(H,14,16). The van der Waals surface area contributed by atoms with Gasteiger partial charge in [0.2, 0.25) is 5.91 Å². The van der Waals surface area contributed by atoms with Gasteiger partial charge in [-0.3, -0.25) is 4.79 Å². The van der Waals surface area contributed by atoms with Crippen molar-refractivity contribution >= 4 is 5.91 Å². The molecule has 1 atom stereocenters. The first-order chi connectivity index (χ1) is 7.72. The van der Waals surface area contributed by atoms with Gasteiger partial charge in [-0.05, 0) is 51.6 Å². The molecule has 1 aliphatic heterocycles. The third-order valence-corrected chi connectivity index (χ3v) is 3.14. The number of hydrogen-bond donors (Lipinski definition) is 3. The van der Waals surface area contributed by atoms with E-state index in [1.165, 1.54) is 0 Å². The number of aliphatic hydroxyl groups excluding tert-OH is 1. The van der Waals surface area contributed by atoms with Crippen LogP contribution in [0.4, 0.5) is 0 Å². The molecule has 94 valence electrons. The second-order valence-corrected chi connectivity index (χ2v) is 4.73. The molecule has 0 spiro atoms. The summed E-state index contributed by atoms with van der Waals surface area (Å²) in [5.41, 5.74) is 0. The lowest BCUT2D eigenvalue weighted by Crippen LogP contribution is -2.36. The Bertz CT molecular complexity index is 203. The maximum absolute atomic E-state index is 11.7. The van der Waals surface area contributed by atoms with E-state index in [0.29, 0.717) is 12.3 Å². The maximum Gasteiger partial charge on any atom is 0.220 e. The number of amides is 1. The zero-order valence-corrected chi connectivity index (χ0v) is 10.2. The van der Waals surface area contributed by atoms with Crippen LogP contribution in [-0.4, -0.2) is 36.8 Å².